The summed E-state index contributed by atoms with van der Waals surface area (Å²) in [6.45, 7) is -0.347. The van der Waals surface area contributed by atoms with Gasteiger partial charge in [0.15, 0.2) is 0 Å². The van der Waals surface area contributed by atoms with Gasteiger partial charge in [0.05, 0.1) is 20.8 Å². The third-order valence-corrected chi connectivity index (χ3v) is 5.53. The summed E-state index contributed by atoms with van der Waals surface area (Å²) in [5.74, 6) is -1.42. The number of halogens is 6. The van der Waals surface area contributed by atoms with Crippen LogP contribution in [0.5, 0.6) is 5.75 Å². The zero-order valence-electron chi connectivity index (χ0n) is 15.6. The van der Waals surface area contributed by atoms with E-state index in [0.717, 1.165) is 12.3 Å². The zero-order valence-corrected chi connectivity index (χ0v) is 19.6. The molecule has 0 fully saturated rings. The molecule has 0 aromatic heterocycles. The Morgan fingerprint density at radius 2 is 1.71 bits per heavy atom. The molecule has 0 bridgehead atoms. The van der Waals surface area contributed by atoms with E-state index in [1.54, 1.807) is 0 Å². The molecule has 31 heavy (non-hydrogen) atoms. The van der Waals surface area contributed by atoms with E-state index in [1.807, 2.05) is 4.72 Å². The van der Waals surface area contributed by atoms with Crippen molar-refractivity contribution in [1.29, 1.82) is 0 Å². The summed E-state index contributed by atoms with van der Waals surface area (Å²) < 4.78 is 83.9. The van der Waals surface area contributed by atoms with Crippen LogP contribution in [0.15, 0.2) is 39.3 Å². The fraction of sp³-hybridized carbons (Fsp3) is 0.278. The highest BCUT2D eigenvalue weighted by molar-refractivity contribution is 9.11. The molecular formula is C18H15Br2F4NO5S. The lowest BCUT2D eigenvalue weighted by molar-refractivity contribution is -0.142. The fourth-order valence-corrected chi connectivity index (χ4v) is 4.59. The van der Waals surface area contributed by atoms with Gasteiger partial charge in [-0.3, -0.25) is 4.72 Å². The van der Waals surface area contributed by atoms with Crippen LogP contribution in [0.25, 0.3) is 0 Å². The molecule has 0 aliphatic carbocycles. The van der Waals surface area contributed by atoms with Gasteiger partial charge in [-0.15, -0.1) is 0 Å². The molecular weight excluding hydrogens is 578 g/mol. The Labute approximate surface area is 191 Å². The number of rotatable bonds is 8. The summed E-state index contributed by atoms with van der Waals surface area (Å²) in [5.41, 5.74) is -0.943. The molecule has 2 aromatic rings. The Balaban J connectivity index is 2.29. The first-order valence-electron chi connectivity index (χ1n) is 8.32. The van der Waals surface area contributed by atoms with Gasteiger partial charge in [0, 0.05) is 12.1 Å². The van der Waals surface area contributed by atoms with Crippen LogP contribution in [-0.2, 0) is 34.0 Å². The fourth-order valence-electron chi connectivity index (χ4n) is 2.53. The lowest BCUT2D eigenvalue weighted by Gasteiger charge is -2.15. The molecule has 0 amide bonds. The molecule has 0 spiro atoms. The van der Waals surface area contributed by atoms with Gasteiger partial charge in [0.25, 0.3) is 0 Å². The number of carboxylic acids is 1. The van der Waals surface area contributed by atoms with Crippen molar-refractivity contribution in [3.05, 3.63) is 56.0 Å². The van der Waals surface area contributed by atoms with Crippen LogP contribution < -0.4 is 9.46 Å². The average molecular weight is 593 g/mol. The highest BCUT2D eigenvalue weighted by Crippen LogP contribution is 2.37. The number of ether oxygens (including phenoxy) is 1. The molecule has 2 aromatic carbocycles. The topological polar surface area (TPSA) is 92.7 Å². The summed E-state index contributed by atoms with van der Waals surface area (Å²) in [7, 11) is -3.80. The van der Waals surface area contributed by atoms with Gasteiger partial charge in [-0.2, -0.15) is 13.2 Å². The van der Waals surface area contributed by atoms with Crippen LogP contribution in [0, 0.1) is 0 Å². The molecule has 0 heterocycles. The van der Waals surface area contributed by atoms with Crippen molar-refractivity contribution < 1.29 is 40.6 Å². The second-order valence-electron chi connectivity index (χ2n) is 6.48. The predicted molar refractivity (Wildman–Crippen MR) is 112 cm³/mol. The van der Waals surface area contributed by atoms with E-state index >= 15 is 0 Å². The molecule has 2 N–H and O–H groups in total. The number of alkyl halides is 4. The number of aliphatic carboxylic acids is 1. The second kappa shape index (κ2) is 9.74. The quantitative estimate of drug-likeness (QED) is 0.414. The van der Waals surface area contributed by atoms with Gasteiger partial charge in [-0.25, -0.2) is 17.6 Å². The van der Waals surface area contributed by atoms with E-state index in [2.05, 4.69) is 31.9 Å². The summed E-state index contributed by atoms with van der Waals surface area (Å²) >= 11 is 6.40. The minimum atomic E-state index is -4.71. The Bertz CT molecular complexity index is 1070. The number of sulfonamides is 1. The van der Waals surface area contributed by atoms with Crippen molar-refractivity contribution in [2.75, 3.05) is 11.0 Å². The van der Waals surface area contributed by atoms with Crippen molar-refractivity contribution in [3.8, 4) is 5.75 Å². The minimum absolute atomic E-state index is 0.0403. The van der Waals surface area contributed by atoms with Gasteiger partial charge >= 0.3 is 12.1 Å². The Kier molecular flexibility index (Phi) is 7.98. The Hall–Kier alpha value is -1.86. The van der Waals surface area contributed by atoms with Gasteiger partial charge in [-0.05, 0) is 73.3 Å². The van der Waals surface area contributed by atoms with Gasteiger partial charge in [-0.1, -0.05) is 0 Å². The van der Waals surface area contributed by atoms with E-state index < -0.39 is 33.9 Å². The number of hydrogen-bond acceptors (Lipinski definition) is 4. The van der Waals surface area contributed by atoms with E-state index in [1.165, 1.54) is 18.2 Å². The highest BCUT2D eigenvalue weighted by Gasteiger charge is 2.31. The summed E-state index contributed by atoms with van der Waals surface area (Å²) in [5, 5.41) is 8.67. The molecule has 1 atom stereocenters. The lowest BCUT2D eigenvalue weighted by atomic mass is 10.1. The molecule has 6 nitrogen and oxygen atoms in total. The van der Waals surface area contributed by atoms with Gasteiger partial charge in [0.2, 0.25) is 16.2 Å². The molecule has 2 rings (SSSR count). The molecule has 1 unspecified atom stereocenters. The first kappa shape index (κ1) is 25.4. The maximum Gasteiger partial charge on any atom is 0.416 e. The van der Waals surface area contributed by atoms with Crippen LogP contribution >= 0.6 is 31.9 Å². The van der Waals surface area contributed by atoms with Crippen molar-refractivity contribution in [1.82, 2.24) is 0 Å². The first-order chi connectivity index (χ1) is 14.2. The van der Waals surface area contributed by atoms with Crippen molar-refractivity contribution in [2.45, 2.75) is 25.4 Å². The molecule has 0 aliphatic heterocycles. The summed E-state index contributed by atoms with van der Waals surface area (Å²) in [4.78, 5) is 10.7. The third kappa shape index (κ3) is 7.65. The number of carboxylic acid groups (broad SMARTS) is 1. The number of nitrogens with one attached hydrogen (secondary N) is 1. The largest absolute Gasteiger partial charge is 0.487 e. The first-order valence-corrected chi connectivity index (χ1v) is 11.8. The maximum atomic E-state index is 13.4. The minimum Gasteiger partial charge on any atom is -0.487 e. The summed E-state index contributed by atoms with van der Waals surface area (Å²) in [6.07, 6.45) is -6.39. The monoisotopic (exact) mass is 591 g/mol. The second-order valence-corrected chi connectivity index (χ2v) is 9.93. The van der Waals surface area contributed by atoms with Crippen LogP contribution in [0.2, 0.25) is 0 Å². The van der Waals surface area contributed by atoms with E-state index in [9.17, 15) is 30.8 Å². The van der Waals surface area contributed by atoms with Crippen LogP contribution in [0.4, 0.5) is 23.2 Å². The normalized spacial score (nSPS) is 13.0. The number of benzene rings is 2. The van der Waals surface area contributed by atoms with Gasteiger partial charge in [0.1, 0.15) is 12.4 Å². The van der Waals surface area contributed by atoms with Crippen molar-refractivity contribution >= 4 is 53.5 Å². The molecule has 170 valence electrons. The highest BCUT2D eigenvalue weighted by atomic mass is 79.9. The molecule has 0 aliphatic rings. The molecule has 0 saturated carbocycles. The number of hydrogen-bond donors (Lipinski definition) is 2. The third-order valence-electron chi connectivity index (χ3n) is 3.75. The standard InChI is InChI=1S/C18H15Br2F4NO5S/c1-31(28,29)25-12-3-10(2-11(7-12)18(22,23)24)8-30-16-13(19)4-9(5-14(16)20)6-15(21)17(26)27/h2-5,7,15,25H,6,8H2,1H3,(H,26,27). The Morgan fingerprint density at radius 3 is 2.19 bits per heavy atom. The van der Waals surface area contributed by atoms with E-state index in [4.69, 9.17) is 9.84 Å². The SMILES string of the molecule is CS(=O)(=O)Nc1cc(COc2c(Br)cc(CC(F)C(=O)O)cc2Br)cc(C(F)(F)F)c1. The average Bonchev–Trinajstić information content (AvgIpc) is 2.58. The smallest absolute Gasteiger partial charge is 0.416 e. The predicted octanol–water partition coefficient (Wildman–Crippen LogP) is 5.15. The lowest BCUT2D eigenvalue weighted by Crippen LogP contribution is -2.17. The van der Waals surface area contributed by atoms with E-state index in [0.29, 0.717) is 20.6 Å². The molecule has 0 saturated heterocycles. The van der Waals surface area contributed by atoms with Crippen LogP contribution in [0.1, 0.15) is 16.7 Å². The van der Waals surface area contributed by atoms with Crippen molar-refractivity contribution in [2.24, 2.45) is 0 Å². The van der Waals surface area contributed by atoms with Crippen LogP contribution in [0.3, 0.4) is 0 Å². The summed E-state index contributed by atoms with van der Waals surface area (Å²) in [6, 6.07) is 5.55. The Morgan fingerprint density at radius 1 is 1.13 bits per heavy atom. The molecule has 0 radical (unpaired) electrons. The maximum absolute atomic E-state index is 13.4. The number of carbonyl (C=O) groups is 1. The van der Waals surface area contributed by atoms with Crippen molar-refractivity contribution in [3.63, 3.8) is 0 Å². The van der Waals surface area contributed by atoms with E-state index in [-0.39, 0.29) is 30.0 Å². The van der Waals surface area contributed by atoms with Crippen LogP contribution in [-0.4, -0.2) is 31.9 Å². The zero-order chi connectivity index (χ0) is 23.6. The van der Waals surface area contributed by atoms with Gasteiger partial charge < -0.3 is 9.84 Å². The molecule has 13 heteroatoms. The number of anilines is 1.